The first kappa shape index (κ1) is 20.5. The maximum atomic E-state index is 13.2. The lowest BCUT2D eigenvalue weighted by Crippen LogP contribution is -2.49. The van der Waals surface area contributed by atoms with E-state index in [0.717, 1.165) is 15.4 Å². The van der Waals surface area contributed by atoms with Gasteiger partial charge in [-0.05, 0) is 45.0 Å². The molecule has 0 aromatic heterocycles. The predicted octanol–water partition coefficient (Wildman–Crippen LogP) is 2.36. The van der Waals surface area contributed by atoms with Crippen LogP contribution in [0.1, 0.15) is 19.4 Å². The van der Waals surface area contributed by atoms with Gasteiger partial charge in [-0.25, -0.2) is 16.8 Å². The number of rotatable bonds is 4. The molecule has 2 aromatic carbocycles. The lowest BCUT2D eigenvalue weighted by atomic mass is 10.2. The second-order valence-corrected chi connectivity index (χ2v) is 10.8. The fraction of sp³-hybridized carbons (Fsp3) is 0.400. The van der Waals surface area contributed by atoms with Crippen LogP contribution in [0.3, 0.4) is 0 Å². The van der Waals surface area contributed by atoms with Crippen molar-refractivity contribution in [3.05, 3.63) is 59.7 Å². The predicted molar refractivity (Wildman–Crippen MR) is 110 cm³/mol. The molecular formula is C20H26N2O5S2. The van der Waals surface area contributed by atoms with E-state index >= 15 is 0 Å². The van der Waals surface area contributed by atoms with Crippen molar-refractivity contribution in [3.63, 3.8) is 0 Å². The molecular weight excluding hydrogens is 412 g/mol. The van der Waals surface area contributed by atoms with Gasteiger partial charge in [-0.3, -0.25) is 0 Å². The van der Waals surface area contributed by atoms with Gasteiger partial charge in [0.15, 0.2) is 0 Å². The van der Waals surface area contributed by atoms with Crippen molar-refractivity contribution in [2.45, 2.75) is 36.8 Å². The molecule has 0 amide bonds. The van der Waals surface area contributed by atoms with E-state index in [0.29, 0.717) is 0 Å². The topological polar surface area (TPSA) is 84.0 Å². The molecule has 1 fully saturated rings. The fourth-order valence-electron chi connectivity index (χ4n) is 3.06. The van der Waals surface area contributed by atoms with Crippen LogP contribution in [0, 0.1) is 13.8 Å². The molecule has 2 aromatic rings. The first-order valence-electron chi connectivity index (χ1n) is 9.93. The number of nitrogens with zero attached hydrogens (tertiary/aromatic N) is 2. The number of ether oxygens (including phenoxy) is 1. The van der Waals surface area contributed by atoms with Crippen LogP contribution in [0.5, 0.6) is 0 Å². The van der Waals surface area contributed by atoms with Crippen LogP contribution in [0.2, 0.25) is 0 Å². The standard InChI is InChI=1S/C20H26N2O5S2/c1-16-4-8-19(9-5-16)28(23,24)21-12-13-22(18(3)27-15-14-21)29(25,26)20-10-6-17(2)7-11-20/h4-11,18H,12-15H2,1-3H3/i3D. The number of benzene rings is 2. The van der Waals surface area contributed by atoms with E-state index in [4.69, 9.17) is 6.11 Å². The summed E-state index contributed by atoms with van der Waals surface area (Å²) in [6.07, 6.45) is -0.972. The minimum atomic E-state index is -3.95. The molecule has 1 unspecified atom stereocenters. The molecule has 1 heterocycles. The molecule has 29 heavy (non-hydrogen) atoms. The molecule has 1 saturated heterocycles. The highest BCUT2D eigenvalue weighted by Crippen LogP contribution is 2.23. The Balaban J connectivity index is 1.89. The maximum absolute atomic E-state index is 13.2. The van der Waals surface area contributed by atoms with E-state index in [9.17, 15) is 16.8 Å². The Bertz CT molecular complexity index is 1070. The van der Waals surface area contributed by atoms with E-state index in [-0.39, 0.29) is 42.9 Å². The second-order valence-electron chi connectivity index (χ2n) is 6.97. The number of hydrogen-bond acceptors (Lipinski definition) is 5. The van der Waals surface area contributed by atoms with Gasteiger partial charge in [0.25, 0.3) is 0 Å². The van der Waals surface area contributed by atoms with Crippen LogP contribution >= 0.6 is 0 Å². The Morgan fingerprint density at radius 2 is 1.34 bits per heavy atom. The van der Waals surface area contributed by atoms with E-state index in [1.54, 1.807) is 24.3 Å². The van der Waals surface area contributed by atoms with Crippen molar-refractivity contribution in [1.29, 1.82) is 0 Å². The number of aryl methyl sites for hydroxylation is 2. The summed E-state index contributed by atoms with van der Waals surface area (Å²) in [7, 11) is -7.75. The third-order valence-corrected chi connectivity index (χ3v) is 8.64. The molecule has 1 atom stereocenters. The zero-order valence-corrected chi connectivity index (χ0v) is 18.1. The molecule has 0 spiro atoms. The van der Waals surface area contributed by atoms with Gasteiger partial charge in [0.1, 0.15) is 6.23 Å². The van der Waals surface area contributed by atoms with Gasteiger partial charge in [0, 0.05) is 21.0 Å². The van der Waals surface area contributed by atoms with Gasteiger partial charge < -0.3 is 4.74 Å². The summed E-state index contributed by atoms with van der Waals surface area (Å²) in [5.41, 5.74) is 1.86. The van der Waals surface area contributed by atoms with Crippen molar-refractivity contribution >= 4 is 20.0 Å². The average molecular weight is 440 g/mol. The molecule has 0 aliphatic carbocycles. The van der Waals surface area contributed by atoms with Gasteiger partial charge in [-0.1, -0.05) is 35.4 Å². The molecule has 3 rings (SSSR count). The average Bonchev–Trinajstić information content (AvgIpc) is 2.68. The van der Waals surface area contributed by atoms with Gasteiger partial charge in [0.2, 0.25) is 20.0 Å². The summed E-state index contributed by atoms with van der Waals surface area (Å²) in [4.78, 5) is 0.238. The molecule has 1 aliphatic rings. The van der Waals surface area contributed by atoms with Gasteiger partial charge in [-0.15, -0.1) is 0 Å². The monoisotopic (exact) mass is 439 g/mol. The third-order valence-electron chi connectivity index (χ3n) is 4.83. The lowest BCUT2D eigenvalue weighted by Gasteiger charge is -2.34. The molecule has 9 heteroatoms. The quantitative estimate of drug-likeness (QED) is 0.730. The van der Waals surface area contributed by atoms with Crippen molar-refractivity contribution in [2.75, 3.05) is 26.2 Å². The Kier molecular flexibility index (Phi) is 6.03. The highest BCUT2D eigenvalue weighted by Gasteiger charge is 2.34. The van der Waals surface area contributed by atoms with Crippen LogP contribution in [0.4, 0.5) is 0 Å². The summed E-state index contributed by atoms with van der Waals surface area (Å²) in [6, 6.07) is 12.9. The largest absolute Gasteiger partial charge is 0.361 e. The van der Waals surface area contributed by atoms with Crippen LogP contribution in [-0.4, -0.2) is 57.9 Å². The normalized spacial score (nSPS) is 20.6. The maximum Gasteiger partial charge on any atom is 0.245 e. The van der Waals surface area contributed by atoms with Crippen molar-refractivity contribution < 1.29 is 22.9 Å². The molecule has 0 N–H and O–H groups in total. The summed E-state index contributed by atoms with van der Waals surface area (Å²) >= 11 is 0. The second kappa shape index (κ2) is 8.53. The van der Waals surface area contributed by atoms with E-state index in [2.05, 4.69) is 0 Å². The summed E-state index contributed by atoms with van der Waals surface area (Å²) in [6.45, 7) is 3.40. The Hall–Kier alpha value is -1.78. The SMILES string of the molecule is [2H]CC1OCCN(S(=O)(=O)c2ccc(C)cc2)CCN1S(=O)(=O)c1ccc(C)cc1. The summed E-state index contributed by atoms with van der Waals surface area (Å²) in [5, 5.41) is 0. The molecule has 158 valence electrons. The Labute approximate surface area is 174 Å². The highest BCUT2D eigenvalue weighted by atomic mass is 32.2. The zero-order chi connectivity index (χ0) is 21.9. The third kappa shape index (κ3) is 4.70. The van der Waals surface area contributed by atoms with Gasteiger partial charge in [0.05, 0.1) is 16.4 Å². The van der Waals surface area contributed by atoms with Gasteiger partial charge >= 0.3 is 0 Å². The molecule has 7 nitrogen and oxygen atoms in total. The van der Waals surface area contributed by atoms with E-state index in [1.807, 2.05) is 13.8 Å². The van der Waals surface area contributed by atoms with Crippen LogP contribution < -0.4 is 0 Å². The summed E-state index contributed by atoms with van der Waals surface area (Å²) in [5.74, 6) is 0. The summed E-state index contributed by atoms with van der Waals surface area (Å²) < 4.78 is 68.1. The minimum absolute atomic E-state index is 0.00540. The molecule has 0 radical (unpaired) electrons. The number of sulfonamides is 2. The Morgan fingerprint density at radius 1 is 0.828 bits per heavy atom. The highest BCUT2D eigenvalue weighted by molar-refractivity contribution is 7.89. The molecule has 0 bridgehead atoms. The van der Waals surface area contributed by atoms with E-state index < -0.39 is 26.3 Å². The first-order chi connectivity index (χ1) is 14.2. The number of hydrogen-bond donors (Lipinski definition) is 0. The van der Waals surface area contributed by atoms with Crippen molar-refractivity contribution in [1.82, 2.24) is 8.61 Å². The first-order valence-corrected chi connectivity index (χ1v) is 12.1. The van der Waals surface area contributed by atoms with E-state index in [1.165, 1.54) is 28.6 Å². The molecule has 0 saturated carbocycles. The van der Waals surface area contributed by atoms with Crippen LogP contribution in [0.15, 0.2) is 58.3 Å². The minimum Gasteiger partial charge on any atom is -0.361 e. The van der Waals surface area contributed by atoms with Crippen molar-refractivity contribution in [3.8, 4) is 0 Å². The fourth-order valence-corrected chi connectivity index (χ4v) is 5.92. The van der Waals surface area contributed by atoms with Gasteiger partial charge in [-0.2, -0.15) is 8.61 Å². The lowest BCUT2D eigenvalue weighted by molar-refractivity contribution is -0.0228. The Morgan fingerprint density at radius 3 is 1.86 bits per heavy atom. The zero-order valence-electron chi connectivity index (χ0n) is 17.5. The van der Waals surface area contributed by atoms with Crippen molar-refractivity contribution in [2.24, 2.45) is 0 Å². The smallest absolute Gasteiger partial charge is 0.245 e. The van der Waals surface area contributed by atoms with Crippen LogP contribution in [0.25, 0.3) is 0 Å². The van der Waals surface area contributed by atoms with Crippen LogP contribution in [-0.2, 0) is 24.8 Å². The molecule has 1 aliphatic heterocycles.